The minimum absolute atomic E-state index is 0.316. The second-order valence-corrected chi connectivity index (χ2v) is 5.95. The van der Waals surface area contributed by atoms with Gasteiger partial charge in [0.25, 0.3) is 0 Å². The van der Waals surface area contributed by atoms with Crippen molar-refractivity contribution in [1.82, 2.24) is 0 Å². The minimum Gasteiger partial charge on any atom is -0.276 e. The first kappa shape index (κ1) is 11.7. The highest BCUT2D eigenvalue weighted by Gasteiger charge is 2.24. The normalized spacial score (nSPS) is 20.1. The Morgan fingerprint density at radius 3 is 2.29 bits per heavy atom. The van der Waals surface area contributed by atoms with Crippen LogP contribution in [0.2, 0.25) is 0 Å². The fourth-order valence-corrected chi connectivity index (χ4v) is 3.32. The molecular formula is C9H13ClO3S. The van der Waals surface area contributed by atoms with E-state index < -0.39 is 15.1 Å². The number of halogens is 1. The summed E-state index contributed by atoms with van der Waals surface area (Å²) in [5.74, 6) is 0. The molecule has 0 N–H and O–H groups in total. The molecule has 0 bridgehead atoms. The van der Waals surface area contributed by atoms with Crippen molar-refractivity contribution in [2.24, 2.45) is 0 Å². The molecule has 0 aromatic rings. The first-order valence-corrected chi connectivity index (χ1v) is 6.62. The van der Waals surface area contributed by atoms with E-state index in [2.05, 4.69) is 0 Å². The summed E-state index contributed by atoms with van der Waals surface area (Å²) in [4.78, 5) is 10.4. The lowest BCUT2D eigenvalue weighted by Crippen LogP contribution is -2.21. The van der Waals surface area contributed by atoms with Crippen LogP contribution in [-0.2, 0) is 14.6 Å². The molecule has 0 radical (unpaired) electrons. The van der Waals surface area contributed by atoms with Gasteiger partial charge in [0.1, 0.15) is 0 Å². The molecule has 0 aliphatic heterocycles. The van der Waals surface area contributed by atoms with E-state index >= 15 is 0 Å². The van der Waals surface area contributed by atoms with E-state index in [0.29, 0.717) is 12.8 Å². The number of hydrogen-bond acceptors (Lipinski definition) is 3. The van der Waals surface area contributed by atoms with Crippen LogP contribution < -0.4 is 0 Å². The van der Waals surface area contributed by atoms with Gasteiger partial charge in [0.05, 0.1) is 5.25 Å². The molecule has 0 aromatic heterocycles. The molecule has 1 saturated carbocycles. The molecule has 14 heavy (non-hydrogen) atoms. The molecule has 0 amide bonds. The van der Waals surface area contributed by atoms with Crippen molar-refractivity contribution in [2.75, 3.05) is 0 Å². The van der Waals surface area contributed by atoms with Crippen LogP contribution in [0.3, 0.4) is 0 Å². The summed E-state index contributed by atoms with van der Waals surface area (Å²) in [5, 5.41) is -0.119. The van der Waals surface area contributed by atoms with E-state index in [-0.39, 0.29) is 5.25 Å². The minimum atomic E-state index is -3.26. The summed E-state index contributed by atoms with van der Waals surface area (Å²) in [6.07, 6.45) is 5.31. The maximum absolute atomic E-state index is 11.6. The molecule has 0 heterocycles. The van der Waals surface area contributed by atoms with Crippen LogP contribution in [-0.4, -0.2) is 18.9 Å². The van der Waals surface area contributed by atoms with Crippen molar-refractivity contribution in [3.8, 4) is 0 Å². The highest BCUT2D eigenvalue weighted by molar-refractivity contribution is 7.94. The maximum atomic E-state index is 11.6. The third-order valence-electron chi connectivity index (χ3n) is 2.41. The first-order chi connectivity index (χ1) is 6.52. The summed E-state index contributed by atoms with van der Waals surface area (Å²) in [6, 6.07) is 0. The predicted octanol–water partition coefficient (Wildman–Crippen LogP) is 2.01. The zero-order chi connectivity index (χ0) is 10.6. The van der Waals surface area contributed by atoms with Crippen molar-refractivity contribution < 1.29 is 13.2 Å². The highest BCUT2D eigenvalue weighted by Crippen LogP contribution is 2.24. The summed E-state index contributed by atoms with van der Waals surface area (Å²) < 4.78 is 23.2. The summed E-state index contributed by atoms with van der Waals surface area (Å²) in [6.45, 7) is 0. The van der Waals surface area contributed by atoms with Gasteiger partial charge >= 0.3 is 0 Å². The van der Waals surface area contributed by atoms with Gasteiger partial charge in [-0.1, -0.05) is 19.3 Å². The fourth-order valence-electron chi connectivity index (χ4n) is 1.65. The van der Waals surface area contributed by atoms with Crippen LogP contribution >= 0.6 is 11.6 Å². The molecule has 1 rings (SSSR count). The Bertz CT molecular complexity index is 326. The number of rotatable bonds is 3. The quantitative estimate of drug-likeness (QED) is 0.557. The predicted molar refractivity (Wildman–Crippen MR) is 55.8 cm³/mol. The Morgan fingerprint density at radius 1 is 1.21 bits per heavy atom. The van der Waals surface area contributed by atoms with Crippen LogP contribution in [0.25, 0.3) is 0 Å². The Labute approximate surface area is 89.1 Å². The van der Waals surface area contributed by atoms with Gasteiger partial charge in [-0.2, -0.15) is 0 Å². The molecule has 0 saturated heterocycles. The molecule has 3 nitrogen and oxygen atoms in total. The Hall–Kier alpha value is -0.350. The van der Waals surface area contributed by atoms with Crippen molar-refractivity contribution in [2.45, 2.75) is 37.4 Å². The summed E-state index contributed by atoms with van der Waals surface area (Å²) in [5.41, 5.74) is 0. The van der Waals surface area contributed by atoms with Gasteiger partial charge in [-0.05, 0) is 24.4 Å². The van der Waals surface area contributed by atoms with E-state index in [0.717, 1.165) is 30.7 Å². The van der Waals surface area contributed by atoms with E-state index in [1.807, 2.05) is 0 Å². The van der Waals surface area contributed by atoms with E-state index in [9.17, 15) is 13.2 Å². The largest absolute Gasteiger partial charge is 0.276 e. The zero-order valence-electron chi connectivity index (χ0n) is 7.78. The van der Waals surface area contributed by atoms with Gasteiger partial charge in [0, 0.05) is 11.5 Å². The number of hydrogen-bond donors (Lipinski definition) is 0. The summed E-state index contributed by atoms with van der Waals surface area (Å²) >= 11 is 5.03. The van der Waals surface area contributed by atoms with Crippen molar-refractivity contribution in [3.05, 3.63) is 11.5 Å². The number of carbonyl (C=O) groups is 1. The topological polar surface area (TPSA) is 51.2 Å². The van der Waals surface area contributed by atoms with Crippen LogP contribution in [0.15, 0.2) is 11.5 Å². The molecule has 1 aliphatic rings. The summed E-state index contributed by atoms with van der Waals surface area (Å²) in [7, 11) is -3.26. The van der Waals surface area contributed by atoms with Crippen LogP contribution in [0.4, 0.5) is 0 Å². The van der Waals surface area contributed by atoms with Gasteiger partial charge in [-0.15, -0.1) is 0 Å². The molecule has 80 valence electrons. The van der Waals surface area contributed by atoms with Crippen molar-refractivity contribution in [1.29, 1.82) is 0 Å². The molecule has 1 aliphatic carbocycles. The second-order valence-electron chi connectivity index (χ2n) is 3.46. The van der Waals surface area contributed by atoms with E-state index in [1.165, 1.54) is 0 Å². The fraction of sp³-hybridized carbons (Fsp3) is 0.667. The molecule has 0 atom stereocenters. The molecule has 0 unspecified atom stereocenters. The number of sulfone groups is 1. The monoisotopic (exact) mass is 236 g/mol. The molecule has 0 aromatic carbocycles. The lowest BCUT2D eigenvalue weighted by molar-refractivity contribution is -0.107. The Balaban J connectivity index is 2.68. The lowest BCUT2D eigenvalue weighted by atomic mass is 10.0. The third-order valence-corrected chi connectivity index (χ3v) is 4.45. The van der Waals surface area contributed by atoms with Crippen LogP contribution in [0.5, 0.6) is 0 Å². The smallest absolute Gasteiger partial charge is 0.245 e. The highest BCUT2D eigenvalue weighted by atomic mass is 35.5. The molecule has 0 spiro atoms. The van der Waals surface area contributed by atoms with Gasteiger partial charge in [0.2, 0.25) is 5.24 Å². The second kappa shape index (κ2) is 4.94. The lowest BCUT2D eigenvalue weighted by Gasteiger charge is -2.19. The van der Waals surface area contributed by atoms with Gasteiger partial charge in [-0.3, -0.25) is 4.79 Å². The van der Waals surface area contributed by atoms with Gasteiger partial charge < -0.3 is 0 Å². The third kappa shape index (κ3) is 3.42. The number of allylic oxidation sites excluding steroid dienone is 1. The van der Waals surface area contributed by atoms with Gasteiger partial charge in [-0.25, -0.2) is 8.42 Å². The average Bonchev–Trinajstić information content (AvgIpc) is 2.16. The molecular weight excluding hydrogens is 224 g/mol. The zero-order valence-corrected chi connectivity index (χ0v) is 9.35. The standard InChI is InChI=1S/C9H13ClO3S/c10-9(11)6-7-14(12,13)8-4-2-1-3-5-8/h6-8H,1-5H2/b7-6+. The van der Waals surface area contributed by atoms with Crippen LogP contribution in [0, 0.1) is 0 Å². The van der Waals surface area contributed by atoms with Crippen LogP contribution in [0.1, 0.15) is 32.1 Å². The first-order valence-electron chi connectivity index (χ1n) is 4.64. The Morgan fingerprint density at radius 2 is 1.79 bits per heavy atom. The number of carbonyl (C=O) groups excluding carboxylic acids is 1. The van der Waals surface area contributed by atoms with Gasteiger partial charge in [0.15, 0.2) is 9.84 Å². The SMILES string of the molecule is O=C(Cl)/C=C/S(=O)(=O)C1CCCCC1. The molecule has 1 fully saturated rings. The van der Waals surface area contributed by atoms with Crippen molar-refractivity contribution >= 4 is 26.7 Å². The molecule has 5 heteroatoms. The van der Waals surface area contributed by atoms with E-state index in [4.69, 9.17) is 11.6 Å². The average molecular weight is 237 g/mol. The maximum Gasteiger partial charge on any atom is 0.245 e. The van der Waals surface area contributed by atoms with Crippen molar-refractivity contribution in [3.63, 3.8) is 0 Å². The Kier molecular flexibility index (Phi) is 4.13. The van der Waals surface area contributed by atoms with E-state index in [1.54, 1.807) is 0 Å².